The van der Waals surface area contributed by atoms with Crippen LogP contribution in [0.4, 0.5) is 0 Å². The van der Waals surface area contributed by atoms with Gasteiger partial charge >= 0.3 is 69.5 Å². The molecule has 2 radical (unpaired) electrons. The maximum absolute atomic E-state index is 8.77. The fraction of sp³-hybridized carbons (Fsp3) is 1.00. The van der Waals surface area contributed by atoms with Crippen LogP contribution in [0.5, 0.6) is 0 Å². The molecule has 52 valence electrons. The van der Waals surface area contributed by atoms with Gasteiger partial charge in [0.2, 0.25) is 0 Å². The van der Waals surface area contributed by atoms with Crippen molar-refractivity contribution in [2.24, 2.45) is 5.92 Å². The number of aliphatic hydroxyl groups is 1. The van der Waals surface area contributed by atoms with E-state index in [9.17, 15) is 0 Å². The predicted molar refractivity (Wildman–Crippen MR) is 38.5 cm³/mol. The van der Waals surface area contributed by atoms with Crippen LogP contribution in [-0.2, 0) is 0 Å². The number of hydrogen-bond acceptors (Lipinski definition) is 2. The second-order valence-corrected chi connectivity index (χ2v) is 4.75. The van der Waals surface area contributed by atoms with Gasteiger partial charge < -0.3 is 0 Å². The standard InChI is InChI=1S/C6H12NO.Sn.H/c8-5-6-1-3-7-4-2-6;;/h6,8H,1-5H2;;/q-1;+1;. The molecule has 0 atom stereocenters. The third-order valence-corrected chi connectivity index (χ3v) is 3.38. The molecule has 0 aromatic rings. The van der Waals surface area contributed by atoms with Gasteiger partial charge in [-0.3, -0.25) is 0 Å². The first-order valence-electron chi connectivity index (χ1n) is 3.43. The zero-order valence-corrected chi connectivity index (χ0v) is 8.88. The first-order valence-corrected chi connectivity index (χ1v) is 4.91. The molecule has 0 saturated carbocycles. The van der Waals surface area contributed by atoms with E-state index in [1.165, 1.54) is 48.7 Å². The monoisotopic (exact) mass is 235 g/mol. The Hall–Kier alpha value is 0.719. The first kappa shape index (κ1) is 7.82. The Bertz CT molecular complexity index is 81.1. The molecule has 0 amide bonds. The van der Waals surface area contributed by atoms with Crippen LogP contribution in [0, 0.1) is 5.92 Å². The molecule has 0 aromatic carbocycles. The van der Waals surface area contributed by atoms with E-state index in [0.29, 0.717) is 12.5 Å². The minimum absolute atomic E-state index is 0.397. The molecule has 2 nitrogen and oxygen atoms in total. The van der Waals surface area contributed by atoms with E-state index in [-0.39, 0.29) is 0 Å². The van der Waals surface area contributed by atoms with Crippen LogP contribution in [-0.4, -0.2) is 50.7 Å². The van der Waals surface area contributed by atoms with Crippen molar-refractivity contribution >= 4 is 22.8 Å². The van der Waals surface area contributed by atoms with Gasteiger partial charge in [0.1, 0.15) is 0 Å². The van der Waals surface area contributed by atoms with E-state index in [0.717, 1.165) is 0 Å². The number of nitrogens with zero attached hydrogens (tertiary/aromatic N) is 1. The van der Waals surface area contributed by atoms with Gasteiger partial charge in [0.25, 0.3) is 0 Å². The normalized spacial score (nSPS) is 24.7. The molecule has 1 heterocycles. The van der Waals surface area contributed by atoms with Crippen LogP contribution >= 0.6 is 0 Å². The van der Waals surface area contributed by atoms with E-state index in [1.807, 2.05) is 0 Å². The molecular formula is C6H13NOSn. The topological polar surface area (TPSA) is 23.5 Å². The second kappa shape index (κ2) is 3.78. The molecule has 9 heavy (non-hydrogen) atoms. The molecule has 3 heteroatoms. The Morgan fingerprint density at radius 1 is 1.44 bits per heavy atom. The number of piperidine rings is 1. The number of rotatable bonds is 1. The van der Waals surface area contributed by atoms with Crippen molar-refractivity contribution < 1.29 is 5.11 Å². The molecule has 1 saturated heterocycles. The van der Waals surface area contributed by atoms with Crippen molar-refractivity contribution in [3.63, 3.8) is 0 Å². The Morgan fingerprint density at radius 2 is 2.00 bits per heavy atom. The first-order chi connectivity index (χ1) is 4.33. The summed E-state index contributed by atoms with van der Waals surface area (Å²) in [5.41, 5.74) is 0. The van der Waals surface area contributed by atoms with Gasteiger partial charge in [-0.1, -0.05) is 0 Å². The summed E-state index contributed by atoms with van der Waals surface area (Å²) in [5.74, 6) is 0.605. The summed E-state index contributed by atoms with van der Waals surface area (Å²) < 4.78 is 2.44. The van der Waals surface area contributed by atoms with E-state index in [2.05, 4.69) is 3.12 Å². The van der Waals surface area contributed by atoms with Gasteiger partial charge in [-0.2, -0.15) is 0 Å². The van der Waals surface area contributed by atoms with Gasteiger partial charge in [0.05, 0.1) is 0 Å². The molecule has 1 fully saturated rings. The van der Waals surface area contributed by atoms with Crippen molar-refractivity contribution in [1.82, 2.24) is 3.12 Å². The van der Waals surface area contributed by atoms with Gasteiger partial charge in [-0.15, -0.1) is 0 Å². The Labute approximate surface area is 69.7 Å². The third kappa shape index (κ3) is 2.43. The average Bonchev–Trinajstić information content (AvgIpc) is 1.90. The zero-order chi connectivity index (χ0) is 6.69. The molecular weight excluding hydrogens is 221 g/mol. The summed E-state index contributed by atoms with van der Waals surface area (Å²) in [6, 6.07) is 0. The summed E-state index contributed by atoms with van der Waals surface area (Å²) in [6.07, 6.45) is 2.41. The minimum atomic E-state index is 0.397. The van der Waals surface area contributed by atoms with Gasteiger partial charge in [-0.05, 0) is 0 Å². The third-order valence-electron chi connectivity index (χ3n) is 1.91. The van der Waals surface area contributed by atoms with E-state index >= 15 is 0 Å². The van der Waals surface area contributed by atoms with E-state index in [4.69, 9.17) is 5.11 Å². The van der Waals surface area contributed by atoms with Crippen molar-refractivity contribution in [2.45, 2.75) is 12.8 Å². The second-order valence-electron chi connectivity index (χ2n) is 2.66. The van der Waals surface area contributed by atoms with Crippen molar-refractivity contribution in [3.05, 3.63) is 0 Å². The van der Waals surface area contributed by atoms with Crippen LogP contribution in [0.2, 0.25) is 0 Å². The van der Waals surface area contributed by atoms with Gasteiger partial charge in [0, 0.05) is 0 Å². The molecule has 1 rings (SSSR count). The molecule has 1 aliphatic heterocycles. The van der Waals surface area contributed by atoms with Gasteiger partial charge in [-0.25, -0.2) is 0 Å². The van der Waals surface area contributed by atoms with Crippen molar-refractivity contribution in [2.75, 3.05) is 19.7 Å². The summed E-state index contributed by atoms with van der Waals surface area (Å²) in [4.78, 5) is 0. The maximum atomic E-state index is 8.77. The average molecular weight is 234 g/mol. The van der Waals surface area contributed by atoms with E-state index in [1.54, 1.807) is 0 Å². The van der Waals surface area contributed by atoms with Crippen LogP contribution in [0.1, 0.15) is 12.8 Å². The summed E-state index contributed by atoms with van der Waals surface area (Å²) in [5, 5.41) is 8.77. The molecule has 0 aromatic heterocycles. The van der Waals surface area contributed by atoms with Crippen LogP contribution in [0.15, 0.2) is 0 Å². The molecule has 0 aliphatic carbocycles. The fourth-order valence-corrected chi connectivity index (χ4v) is 1.99. The Morgan fingerprint density at radius 3 is 2.44 bits per heavy atom. The Kier molecular flexibility index (Phi) is 3.29. The summed E-state index contributed by atoms with van der Waals surface area (Å²) >= 11 is 1.26. The van der Waals surface area contributed by atoms with Crippen LogP contribution in [0.25, 0.3) is 0 Å². The Balaban J connectivity index is 2.18. The molecule has 0 spiro atoms. The summed E-state index contributed by atoms with van der Waals surface area (Å²) in [7, 11) is 0. The fourth-order valence-electron chi connectivity index (χ4n) is 1.14. The molecule has 1 aliphatic rings. The zero-order valence-electron chi connectivity index (χ0n) is 5.58. The van der Waals surface area contributed by atoms with E-state index < -0.39 is 0 Å². The number of hydrogen-bond donors (Lipinski definition) is 1. The van der Waals surface area contributed by atoms with Crippen molar-refractivity contribution in [3.8, 4) is 0 Å². The predicted octanol–water partition coefficient (Wildman–Crippen LogP) is -0.494. The van der Waals surface area contributed by atoms with Crippen molar-refractivity contribution in [1.29, 1.82) is 0 Å². The summed E-state index contributed by atoms with van der Waals surface area (Å²) in [6.45, 7) is 2.83. The molecule has 1 N–H and O–H groups in total. The molecule has 0 bridgehead atoms. The number of aliphatic hydroxyl groups excluding tert-OH is 1. The van der Waals surface area contributed by atoms with Crippen LogP contribution in [0.3, 0.4) is 0 Å². The van der Waals surface area contributed by atoms with Crippen LogP contribution < -0.4 is 0 Å². The quantitative estimate of drug-likeness (QED) is 0.618. The molecule has 0 unspecified atom stereocenters. The SMILES string of the molecule is OCC1CC[N]([SnH])CC1. The van der Waals surface area contributed by atoms with Gasteiger partial charge in [0.15, 0.2) is 0 Å².